The lowest BCUT2D eigenvalue weighted by molar-refractivity contribution is -0.138. The van der Waals surface area contributed by atoms with Crippen LogP contribution in [0.2, 0.25) is 0 Å². The number of hydrogen-bond acceptors (Lipinski definition) is 3. The minimum atomic E-state index is -4.33. The third-order valence-electron chi connectivity index (χ3n) is 3.32. The molecule has 2 saturated heterocycles. The van der Waals surface area contributed by atoms with Crippen molar-refractivity contribution in [2.24, 2.45) is 11.8 Å². The monoisotopic (exact) mass is 251 g/mol. The molecule has 2 N–H and O–H groups in total. The third-order valence-corrected chi connectivity index (χ3v) is 3.32. The van der Waals surface area contributed by atoms with E-state index in [1.165, 1.54) is 0 Å². The van der Waals surface area contributed by atoms with Gasteiger partial charge in [0, 0.05) is 13.1 Å². The summed E-state index contributed by atoms with van der Waals surface area (Å²) in [7, 11) is 0. The molecule has 2 aliphatic rings. The molecule has 4 nitrogen and oxygen atoms in total. The number of halogens is 3. The molecule has 0 spiro atoms. The molecule has 2 heterocycles. The molecule has 2 fully saturated rings. The molecule has 1 amide bonds. The van der Waals surface area contributed by atoms with Gasteiger partial charge < -0.3 is 10.6 Å². The van der Waals surface area contributed by atoms with E-state index in [-0.39, 0.29) is 6.54 Å². The Morgan fingerprint density at radius 2 is 1.88 bits per heavy atom. The van der Waals surface area contributed by atoms with E-state index in [1.807, 2.05) is 10.2 Å². The van der Waals surface area contributed by atoms with Crippen LogP contribution in [-0.2, 0) is 4.79 Å². The van der Waals surface area contributed by atoms with Gasteiger partial charge in [-0.3, -0.25) is 9.69 Å². The SMILES string of the molecule is O=C(CN1CC2CNCC2C1)NCC(F)(F)F. The molecule has 17 heavy (non-hydrogen) atoms. The van der Waals surface area contributed by atoms with Gasteiger partial charge in [0.1, 0.15) is 6.54 Å². The minimum absolute atomic E-state index is 0.0725. The average Bonchev–Trinajstić information content (AvgIpc) is 2.73. The molecule has 2 aliphatic heterocycles. The van der Waals surface area contributed by atoms with Crippen LogP contribution in [-0.4, -0.2) is 56.3 Å². The molecule has 0 bridgehead atoms. The lowest BCUT2D eigenvalue weighted by atomic mass is 10.0. The molecule has 0 aliphatic carbocycles. The Balaban J connectivity index is 1.69. The zero-order valence-corrected chi connectivity index (χ0v) is 9.39. The first kappa shape index (κ1) is 12.6. The first-order valence-corrected chi connectivity index (χ1v) is 5.70. The Labute approximate surface area is 97.5 Å². The van der Waals surface area contributed by atoms with Gasteiger partial charge in [0.2, 0.25) is 5.91 Å². The number of carbonyl (C=O) groups is 1. The first-order valence-electron chi connectivity index (χ1n) is 5.70. The summed E-state index contributed by atoms with van der Waals surface area (Å²) in [6.45, 7) is 2.34. The molecule has 98 valence electrons. The second-order valence-corrected chi connectivity index (χ2v) is 4.76. The van der Waals surface area contributed by atoms with Crippen molar-refractivity contribution in [1.29, 1.82) is 0 Å². The van der Waals surface area contributed by atoms with Crippen molar-refractivity contribution in [3.63, 3.8) is 0 Å². The zero-order valence-electron chi connectivity index (χ0n) is 9.39. The Morgan fingerprint density at radius 1 is 1.29 bits per heavy atom. The van der Waals surface area contributed by atoms with E-state index in [1.54, 1.807) is 0 Å². The number of fused-ring (bicyclic) bond motifs is 1. The quantitative estimate of drug-likeness (QED) is 0.731. The van der Waals surface area contributed by atoms with E-state index in [0.29, 0.717) is 11.8 Å². The number of hydrogen-bond donors (Lipinski definition) is 2. The number of nitrogens with zero attached hydrogens (tertiary/aromatic N) is 1. The number of carbonyl (C=O) groups excluding carboxylic acids is 1. The number of likely N-dealkylation sites (tertiary alicyclic amines) is 1. The van der Waals surface area contributed by atoms with Crippen molar-refractivity contribution < 1.29 is 18.0 Å². The van der Waals surface area contributed by atoms with Crippen LogP contribution in [0.5, 0.6) is 0 Å². The van der Waals surface area contributed by atoms with Crippen LogP contribution in [0.25, 0.3) is 0 Å². The summed E-state index contributed by atoms with van der Waals surface area (Å²) < 4.78 is 35.6. The Bertz CT molecular complexity index is 283. The van der Waals surface area contributed by atoms with Crippen molar-refractivity contribution in [3.05, 3.63) is 0 Å². The van der Waals surface area contributed by atoms with Gasteiger partial charge in [-0.15, -0.1) is 0 Å². The summed E-state index contributed by atoms with van der Waals surface area (Å²) in [5.41, 5.74) is 0. The summed E-state index contributed by atoms with van der Waals surface area (Å²) >= 11 is 0. The Morgan fingerprint density at radius 3 is 2.41 bits per heavy atom. The fourth-order valence-electron chi connectivity index (χ4n) is 2.54. The molecule has 2 atom stereocenters. The lowest BCUT2D eigenvalue weighted by Gasteiger charge is -2.16. The van der Waals surface area contributed by atoms with Gasteiger partial charge in [-0.2, -0.15) is 13.2 Å². The lowest BCUT2D eigenvalue weighted by Crippen LogP contribution is -2.41. The van der Waals surface area contributed by atoms with Gasteiger partial charge in [0.15, 0.2) is 0 Å². The van der Waals surface area contributed by atoms with Gasteiger partial charge in [-0.05, 0) is 24.9 Å². The van der Waals surface area contributed by atoms with Crippen LogP contribution in [0.15, 0.2) is 0 Å². The summed E-state index contributed by atoms with van der Waals surface area (Å²) in [5, 5.41) is 5.16. The highest BCUT2D eigenvalue weighted by Gasteiger charge is 2.36. The maximum Gasteiger partial charge on any atom is 0.405 e. The predicted molar refractivity (Wildman–Crippen MR) is 55.4 cm³/mol. The average molecular weight is 251 g/mol. The highest BCUT2D eigenvalue weighted by Crippen LogP contribution is 2.25. The molecule has 2 rings (SSSR count). The van der Waals surface area contributed by atoms with Crippen LogP contribution < -0.4 is 10.6 Å². The standard InChI is InChI=1S/C10H16F3N3O/c11-10(12,13)6-15-9(17)5-16-3-7-1-14-2-8(7)4-16/h7-8,14H,1-6H2,(H,15,17). The first-order chi connectivity index (χ1) is 7.94. The van der Waals surface area contributed by atoms with Gasteiger partial charge >= 0.3 is 6.18 Å². The van der Waals surface area contributed by atoms with Crippen LogP contribution in [0.1, 0.15) is 0 Å². The fraction of sp³-hybridized carbons (Fsp3) is 0.900. The summed E-state index contributed by atoms with van der Waals surface area (Å²) in [6, 6.07) is 0. The fourth-order valence-corrected chi connectivity index (χ4v) is 2.54. The predicted octanol–water partition coefficient (Wildman–Crippen LogP) is -0.184. The zero-order chi connectivity index (χ0) is 12.5. The highest BCUT2D eigenvalue weighted by molar-refractivity contribution is 5.78. The van der Waals surface area contributed by atoms with E-state index in [0.717, 1.165) is 26.2 Å². The molecule has 0 aromatic carbocycles. The van der Waals surface area contributed by atoms with Crippen molar-refractivity contribution >= 4 is 5.91 Å². The molecule has 2 unspecified atom stereocenters. The third kappa shape index (κ3) is 3.57. The van der Waals surface area contributed by atoms with Crippen LogP contribution in [0, 0.1) is 11.8 Å². The van der Waals surface area contributed by atoms with Gasteiger partial charge in [0.05, 0.1) is 6.54 Å². The molecular weight excluding hydrogens is 235 g/mol. The Hall–Kier alpha value is -0.820. The maximum absolute atomic E-state index is 11.9. The van der Waals surface area contributed by atoms with E-state index in [4.69, 9.17) is 0 Å². The van der Waals surface area contributed by atoms with Gasteiger partial charge in [0.25, 0.3) is 0 Å². The largest absolute Gasteiger partial charge is 0.405 e. The molecule has 0 saturated carbocycles. The second kappa shape index (κ2) is 4.81. The topological polar surface area (TPSA) is 44.4 Å². The normalized spacial score (nSPS) is 29.4. The van der Waals surface area contributed by atoms with E-state index in [2.05, 4.69) is 5.32 Å². The van der Waals surface area contributed by atoms with E-state index in [9.17, 15) is 18.0 Å². The number of rotatable bonds is 3. The highest BCUT2D eigenvalue weighted by atomic mass is 19.4. The summed E-state index contributed by atoms with van der Waals surface area (Å²) in [6.07, 6.45) is -4.33. The molecule has 0 radical (unpaired) electrons. The molecule has 7 heteroatoms. The van der Waals surface area contributed by atoms with Crippen LogP contribution in [0.4, 0.5) is 13.2 Å². The van der Waals surface area contributed by atoms with Crippen molar-refractivity contribution in [3.8, 4) is 0 Å². The van der Waals surface area contributed by atoms with E-state index >= 15 is 0 Å². The van der Waals surface area contributed by atoms with Crippen LogP contribution in [0.3, 0.4) is 0 Å². The number of alkyl halides is 3. The van der Waals surface area contributed by atoms with Crippen molar-refractivity contribution in [2.75, 3.05) is 39.3 Å². The van der Waals surface area contributed by atoms with Gasteiger partial charge in [-0.1, -0.05) is 0 Å². The molecule has 0 aromatic heterocycles. The molecule has 0 aromatic rings. The van der Waals surface area contributed by atoms with Crippen molar-refractivity contribution in [1.82, 2.24) is 15.5 Å². The summed E-state index contributed by atoms with van der Waals surface area (Å²) in [5.74, 6) is 0.547. The summed E-state index contributed by atoms with van der Waals surface area (Å²) in [4.78, 5) is 13.2. The van der Waals surface area contributed by atoms with Gasteiger partial charge in [-0.25, -0.2) is 0 Å². The maximum atomic E-state index is 11.9. The van der Waals surface area contributed by atoms with Crippen molar-refractivity contribution in [2.45, 2.75) is 6.18 Å². The second-order valence-electron chi connectivity index (χ2n) is 4.76. The smallest absolute Gasteiger partial charge is 0.346 e. The Kier molecular flexibility index (Phi) is 3.58. The minimum Gasteiger partial charge on any atom is -0.346 e. The number of nitrogens with one attached hydrogen (secondary N) is 2. The van der Waals surface area contributed by atoms with E-state index < -0.39 is 18.6 Å². The molecular formula is C10H16F3N3O. The van der Waals surface area contributed by atoms with Crippen LogP contribution >= 0.6 is 0 Å². The number of amides is 1.